The van der Waals surface area contributed by atoms with E-state index in [1.54, 1.807) is 0 Å². The van der Waals surface area contributed by atoms with Crippen LogP contribution >= 0.6 is 15.9 Å². The zero-order valence-corrected chi connectivity index (χ0v) is 10.9. The van der Waals surface area contributed by atoms with Crippen molar-refractivity contribution in [2.45, 2.75) is 13.8 Å². The summed E-state index contributed by atoms with van der Waals surface area (Å²) in [4.78, 5) is 0. The van der Waals surface area contributed by atoms with Crippen molar-refractivity contribution >= 4 is 27.8 Å². The van der Waals surface area contributed by atoms with E-state index in [0.29, 0.717) is 0 Å². The molecule has 0 saturated heterocycles. The first kappa shape index (κ1) is 11.6. The number of nitrogens with zero attached hydrogens (tertiary/aromatic N) is 6. The van der Waals surface area contributed by atoms with Crippen LogP contribution in [0.15, 0.2) is 15.9 Å². The fraction of sp³-hybridized carbons (Fsp3) is 0.250. The van der Waals surface area contributed by atoms with Crippen LogP contribution < -0.4 is 11.5 Å². The van der Waals surface area contributed by atoms with Gasteiger partial charge in [-0.3, -0.25) is 0 Å². The van der Waals surface area contributed by atoms with E-state index >= 15 is 0 Å². The molecule has 8 nitrogen and oxygen atoms in total. The van der Waals surface area contributed by atoms with Gasteiger partial charge in [-0.25, -0.2) is 4.68 Å². The quantitative estimate of drug-likeness (QED) is 0.571. The van der Waals surface area contributed by atoms with Crippen LogP contribution in [0.5, 0.6) is 0 Å². The number of aromatic nitrogens is 5. The molecule has 90 valence electrons. The van der Waals surface area contributed by atoms with Gasteiger partial charge in [0.1, 0.15) is 6.33 Å². The molecule has 2 rings (SSSR count). The monoisotopic (exact) mass is 298 g/mol. The lowest BCUT2D eigenvalue weighted by atomic mass is 10.4. The molecule has 9 heteroatoms. The first-order chi connectivity index (χ1) is 8.00. The molecule has 0 fully saturated rings. The molecule has 0 unspecified atom stereocenters. The number of nitrogens with two attached hydrogens (primary N) is 2. The highest BCUT2D eigenvalue weighted by Crippen LogP contribution is 2.19. The lowest BCUT2D eigenvalue weighted by Crippen LogP contribution is -2.26. The normalized spacial score (nSPS) is 12.1. The van der Waals surface area contributed by atoms with E-state index in [1.165, 1.54) is 15.7 Å². The van der Waals surface area contributed by atoms with Gasteiger partial charge < -0.3 is 11.5 Å². The highest BCUT2D eigenvalue weighted by atomic mass is 79.9. The number of rotatable bonds is 1. The molecule has 0 amide bonds. The minimum atomic E-state index is 0.161. The summed E-state index contributed by atoms with van der Waals surface area (Å²) in [6.45, 7) is 3.75. The molecule has 0 atom stereocenters. The SMILES string of the molecule is Cc1nn(/C(N)=N/n2cnnc2N)c(C)c1Br. The largest absolute Gasteiger partial charge is 0.366 e. The summed E-state index contributed by atoms with van der Waals surface area (Å²) in [6, 6.07) is 0. The second-order valence-electron chi connectivity index (χ2n) is 3.39. The smallest absolute Gasteiger partial charge is 0.242 e. The topological polar surface area (TPSA) is 113 Å². The van der Waals surface area contributed by atoms with Crippen LogP contribution in [-0.4, -0.2) is 30.6 Å². The fourth-order valence-corrected chi connectivity index (χ4v) is 1.56. The Morgan fingerprint density at radius 1 is 1.47 bits per heavy atom. The van der Waals surface area contributed by atoms with E-state index < -0.39 is 0 Å². The second-order valence-corrected chi connectivity index (χ2v) is 4.18. The number of hydrogen-bond acceptors (Lipinski definition) is 5. The molecule has 0 aliphatic carbocycles. The van der Waals surface area contributed by atoms with E-state index in [2.05, 4.69) is 36.3 Å². The molecule has 0 aromatic carbocycles. The first-order valence-corrected chi connectivity index (χ1v) is 5.52. The van der Waals surface area contributed by atoms with Gasteiger partial charge in [0, 0.05) is 0 Å². The molecular formula is C8H11BrN8. The van der Waals surface area contributed by atoms with E-state index in [0.717, 1.165) is 15.9 Å². The maximum Gasteiger partial charge on any atom is 0.242 e. The van der Waals surface area contributed by atoms with Crippen molar-refractivity contribution in [1.29, 1.82) is 0 Å². The van der Waals surface area contributed by atoms with Crippen LogP contribution in [0.3, 0.4) is 0 Å². The second kappa shape index (κ2) is 4.17. The molecule has 0 spiro atoms. The van der Waals surface area contributed by atoms with Crippen molar-refractivity contribution < 1.29 is 0 Å². The lowest BCUT2D eigenvalue weighted by molar-refractivity contribution is 0.813. The van der Waals surface area contributed by atoms with Crippen LogP contribution in [0.4, 0.5) is 5.95 Å². The van der Waals surface area contributed by atoms with E-state index in [9.17, 15) is 0 Å². The summed E-state index contributed by atoms with van der Waals surface area (Å²) < 4.78 is 3.69. The predicted molar refractivity (Wildman–Crippen MR) is 66.3 cm³/mol. The van der Waals surface area contributed by atoms with Crippen molar-refractivity contribution in [3.63, 3.8) is 0 Å². The van der Waals surface area contributed by atoms with Gasteiger partial charge in [-0.05, 0) is 29.8 Å². The van der Waals surface area contributed by atoms with Crippen LogP contribution in [0.1, 0.15) is 11.4 Å². The number of hydrogen-bond donors (Lipinski definition) is 2. The average Bonchev–Trinajstić information content (AvgIpc) is 2.79. The van der Waals surface area contributed by atoms with Gasteiger partial charge in [0.05, 0.1) is 15.9 Å². The molecule has 0 radical (unpaired) electrons. The van der Waals surface area contributed by atoms with Crippen LogP contribution in [0.2, 0.25) is 0 Å². The first-order valence-electron chi connectivity index (χ1n) is 4.72. The fourth-order valence-electron chi connectivity index (χ4n) is 1.32. The molecule has 0 aliphatic heterocycles. The molecule has 0 aliphatic rings. The Bertz CT molecular complexity index is 580. The molecule has 2 aromatic heterocycles. The van der Waals surface area contributed by atoms with Gasteiger partial charge in [-0.15, -0.1) is 15.3 Å². The number of halogens is 1. The van der Waals surface area contributed by atoms with Gasteiger partial charge in [-0.1, -0.05) is 0 Å². The highest BCUT2D eigenvalue weighted by molar-refractivity contribution is 9.10. The van der Waals surface area contributed by atoms with Crippen LogP contribution in [0.25, 0.3) is 0 Å². The van der Waals surface area contributed by atoms with Crippen molar-refractivity contribution in [2.24, 2.45) is 10.8 Å². The van der Waals surface area contributed by atoms with Crippen LogP contribution in [0, 0.1) is 13.8 Å². The minimum Gasteiger partial charge on any atom is -0.366 e. The summed E-state index contributed by atoms with van der Waals surface area (Å²) >= 11 is 3.41. The van der Waals surface area contributed by atoms with Gasteiger partial charge in [0.25, 0.3) is 0 Å². The van der Waals surface area contributed by atoms with Gasteiger partial charge in [0.15, 0.2) is 0 Å². The Morgan fingerprint density at radius 2 is 2.18 bits per heavy atom. The highest BCUT2D eigenvalue weighted by Gasteiger charge is 2.11. The molecule has 0 bridgehead atoms. The molecular weight excluding hydrogens is 288 g/mol. The average molecular weight is 299 g/mol. The van der Waals surface area contributed by atoms with E-state index in [1.807, 2.05) is 13.8 Å². The van der Waals surface area contributed by atoms with Crippen molar-refractivity contribution in [2.75, 3.05) is 5.73 Å². The lowest BCUT2D eigenvalue weighted by Gasteiger charge is -2.03. The Balaban J connectivity index is 2.44. The zero-order valence-electron chi connectivity index (χ0n) is 9.29. The maximum absolute atomic E-state index is 5.84. The summed E-state index contributed by atoms with van der Waals surface area (Å²) in [7, 11) is 0. The maximum atomic E-state index is 5.84. The van der Waals surface area contributed by atoms with Crippen molar-refractivity contribution in [3.05, 3.63) is 22.2 Å². The summed E-state index contributed by atoms with van der Waals surface area (Å²) in [6.07, 6.45) is 1.36. The van der Waals surface area contributed by atoms with Gasteiger partial charge in [-0.2, -0.15) is 9.77 Å². The number of nitrogen functional groups attached to an aromatic ring is 1. The number of aryl methyl sites for hydroxylation is 1. The molecule has 4 N–H and O–H groups in total. The summed E-state index contributed by atoms with van der Waals surface area (Å²) in [5.41, 5.74) is 13.1. The predicted octanol–water partition coefficient (Wildman–Crippen LogP) is 0.0622. The molecule has 2 aromatic rings. The summed E-state index contributed by atoms with van der Waals surface area (Å²) in [5, 5.41) is 15.5. The zero-order chi connectivity index (χ0) is 12.6. The van der Waals surface area contributed by atoms with Crippen LogP contribution in [-0.2, 0) is 0 Å². The third kappa shape index (κ3) is 2.00. The van der Waals surface area contributed by atoms with E-state index in [-0.39, 0.29) is 11.9 Å². The molecule has 0 saturated carbocycles. The Labute approximate surface area is 105 Å². The van der Waals surface area contributed by atoms with Gasteiger partial charge >= 0.3 is 0 Å². The Morgan fingerprint density at radius 3 is 2.65 bits per heavy atom. The third-order valence-electron chi connectivity index (χ3n) is 2.19. The Kier molecular flexibility index (Phi) is 2.84. The summed E-state index contributed by atoms with van der Waals surface area (Å²) in [5.74, 6) is 0.344. The standard InChI is InChI=1S/C8H11BrN8/c1-4-6(9)5(2)17(14-4)8(11)15-16-3-12-13-7(16)10/h3H,1-2H3,(H2,10,13)(H2,11,15). The molecule has 17 heavy (non-hydrogen) atoms. The molecule has 2 heterocycles. The van der Waals surface area contributed by atoms with Crippen molar-refractivity contribution in [3.8, 4) is 0 Å². The number of anilines is 1. The minimum absolute atomic E-state index is 0.161. The van der Waals surface area contributed by atoms with E-state index in [4.69, 9.17) is 11.5 Å². The van der Waals surface area contributed by atoms with Crippen molar-refractivity contribution in [1.82, 2.24) is 24.7 Å². The third-order valence-corrected chi connectivity index (χ3v) is 3.33. The Hall–Kier alpha value is -1.90. The van der Waals surface area contributed by atoms with Gasteiger partial charge in [0.2, 0.25) is 11.9 Å².